The highest BCUT2D eigenvalue weighted by Crippen LogP contribution is 2.49. The topological polar surface area (TPSA) is 82.4 Å². The monoisotopic (exact) mass is 783 g/mol. The van der Waals surface area contributed by atoms with Crippen molar-refractivity contribution in [3.05, 3.63) is 184 Å². The Balaban J connectivity index is 1.08. The van der Waals surface area contributed by atoms with Crippen molar-refractivity contribution in [3.63, 3.8) is 0 Å². The first-order chi connectivity index (χ1) is 28.5. The standard InChI is InChI=1S/C50H49N5O2S/c1-58(56)48-52-46-34-49(28-14-17-38-24-25-43(33-45(38)49)57-36-37-15-6-2-7-16-37)29-26-44(46)47(53-48)55-32-31-54(35-42(55)27-30-51)50(39-18-8-3-9-19-39,40-20-10-4-11-21-40)41-22-12-5-13-23-41/h2-13,15-16,18-25,33,42H,14,17,26-29,31-32,34-36H2,1H3/t42-,49?,58?/m0/s1. The van der Waals surface area contributed by atoms with Crippen LogP contribution in [0.2, 0.25) is 0 Å². The molecule has 0 amide bonds. The highest BCUT2D eigenvalue weighted by molar-refractivity contribution is 7.84. The van der Waals surface area contributed by atoms with E-state index in [4.69, 9.17) is 14.7 Å². The van der Waals surface area contributed by atoms with Crippen LogP contribution >= 0.6 is 0 Å². The van der Waals surface area contributed by atoms with E-state index in [0.29, 0.717) is 31.3 Å². The molecule has 0 bridgehead atoms. The highest BCUT2D eigenvalue weighted by atomic mass is 32.2. The first-order valence-electron chi connectivity index (χ1n) is 20.6. The number of piperazine rings is 1. The molecule has 2 aliphatic carbocycles. The van der Waals surface area contributed by atoms with Crippen molar-refractivity contribution >= 4 is 16.6 Å². The maximum atomic E-state index is 13.3. The van der Waals surface area contributed by atoms with E-state index < -0.39 is 16.3 Å². The average Bonchev–Trinajstić information content (AvgIpc) is 3.27. The molecule has 9 rings (SSSR count). The summed E-state index contributed by atoms with van der Waals surface area (Å²) in [5.74, 6) is 1.74. The van der Waals surface area contributed by atoms with Crippen LogP contribution in [0.1, 0.15) is 70.3 Å². The molecule has 3 atom stereocenters. The molecular weight excluding hydrogens is 735 g/mol. The van der Waals surface area contributed by atoms with Crippen LogP contribution in [0.5, 0.6) is 5.75 Å². The summed E-state index contributed by atoms with van der Waals surface area (Å²) in [7, 11) is -1.38. The SMILES string of the molecule is CS(=O)c1nc2c(c(N3CCN(C(c4ccccc4)(c4ccccc4)c4ccccc4)C[C@@H]3CC#N)n1)CCC1(CCCc3ccc(OCc4ccccc4)cc31)C2. The molecule has 1 fully saturated rings. The van der Waals surface area contributed by atoms with E-state index in [1.165, 1.54) is 27.8 Å². The second kappa shape index (κ2) is 16.3. The second-order valence-electron chi connectivity index (χ2n) is 16.1. The molecule has 58 heavy (non-hydrogen) atoms. The van der Waals surface area contributed by atoms with Gasteiger partial charge in [0.2, 0.25) is 5.16 Å². The van der Waals surface area contributed by atoms with Crippen molar-refractivity contribution in [2.24, 2.45) is 0 Å². The van der Waals surface area contributed by atoms with Crippen LogP contribution in [0.4, 0.5) is 5.82 Å². The Morgan fingerprint density at radius 3 is 2.07 bits per heavy atom. The number of aryl methyl sites for hydroxylation is 1. The number of nitrogens with zero attached hydrogens (tertiary/aromatic N) is 5. The van der Waals surface area contributed by atoms with Gasteiger partial charge < -0.3 is 9.64 Å². The van der Waals surface area contributed by atoms with Gasteiger partial charge in [-0.1, -0.05) is 127 Å². The molecule has 6 aromatic rings. The molecule has 1 spiro atoms. The molecule has 0 radical (unpaired) electrons. The molecule has 1 aliphatic heterocycles. The highest BCUT2D eigenvalue weighted by Gasteiger charge is 2.47. The number of hydrogen-bond donors (Lipinski definition) is 0. The third-order valence-electron chi connectivity index (χ3n) is 12.8. The first kappa shape index (κ1) is 37.9. The van der Waals surface area contributed by atoms with Crippen LogP contribution in [0, 0.1) is 11.3 Å². The van der Waals surface area contributed by atoms with Gasteiger partial charge in [0, 0.05) is 36.9 Å². The molecule has 2 unspecified atom stereocenters. The smallest absolute Gasteiger partial charge is 0.220 e. The van der Waals surface area contributed by atoms with E-state index in [0.717, 1.165) is 73.5 Å². The van der Waals surface area contributed by atoms with Gasteiger partial charge in [0.15, 0.2) is 0 Å². The maximum Gasteiger partial charge on any atom is 0.220 e. The average molecular weight is 784 g/mol. The quantitative estimate of drug-likeness (QED) is 0.101. The van der Waals surface area contributed by atoms with Crippen LogP contribution in [-0.2, 0) is 47.6 Å². The van der Waals surface area contributed by atoms with Crippen LogP contribution in [0.15, 0.2) is 145 Å². The Bertz CT molecular complexity index is 2340. The Morgan fingerprint density at radius 1 is 0.810 bits per heavy atom. The van der Waals surface area contributed by atoms with Crippen LogP contribution < -0.4 is 9.64 Å². The molecule has 7 nitrogen and oxygen atoms in total. The second-order valence-corrected chi connectivity index (χ2v) is 17.4. The lowest BCUT2D eigenvalue weighted by Gasteiger charge is -2.52. The van der Waals surface area contributed by atoms with E-state index in [1.807, 2.05) is 18.2 Å². The minimum atomic E-state index is -1.38. The fourth-order valence-electron chi connectivity index (χ4n) is 10.1. The maximum absolute atomic E-state index is 13.3. The van der Waals surface area contributed by atoms with Crippen molar-refractivity contribution in [3.8, 4) is 11.8 Å². The third kappa shape index (κ3) is 7.01. The van der Waals surface area contributed by atoms with Crippen molar-refractivity contribution in [2.45, 2.75) is 73.7 Å². The number of fused-ring (bicyclic) bond motifs is 3. The Kier molecular flexibility index (Phi) is 10.7. The number of anilines is 1. The molecule has 3 aliphatic rings. The lowest BCUT2D eigenvalue weighted by Crippen LogP contribution is -2.61. The minimum absolute atomic E-state index is 0.0871. The summed E-state index contributed by atoms with van der Waals surface area (Å²) in [5.41, 5.74) is 8.92. The summed E-state index contributed by atoms with van der Waals surface area (Å²) >= 11 is 0. The van der Waals surface area contributed by atoms with Gasteiger partial charge in [0.25, 0.3) is 0 Å². The summed E-state index contributed by atoms with van der Waals surface area (Å²) in [4.78, 5) is 15.1. The Morgan fingerprint density at radius 2 is 1.45 bits per heavy atom. The van der Waals surface area contributed by atoms with Gasteiger partial charge in [-0.2, -0.15) is 5.26 Å². The van der Waals surface area contributed by atoms with Crippen LogP contribution in [-0.4, -0.2) is 51.0 Å². The van der Waals surface area contributed by atoms with Crippen molar-refractivity contribution < 1.29 is 8.95 Å². The predicted octanol–water partition coefficient (Wildman–Crippen LogP) is 8.95. The molecule has 0 saturated carbocycles. The number of hydrogen-bond acceptors (Lipinski definition) is 7. The number of aromatic nitrogens is 2. The zero-order chi connectivity index (χ0) is 39.5. The number of ether oxygens (including phenoxy) is 1. The van der Waals surface area contributed by atoms with Gasteiger partial charge in [0.1, 0.15) is 18.2 Å². The summed E-state index contributed by atoms with van der Waals surface area (Å²) in [5, 5.41) is 10.8. The van der Waals surface area contributed by atoms with Gasteiger partial charge in [-0.25, -0.2) is 9.97 Å². The molecular formula is C50H49N5O2S. The van der Waals surface area contributed by atoms with Gasteiger partial charge >= 0.3 is 0 Å². The zero-order valence-electron chi connectivity index (χ0n) is 33.1. The van der Waals surface area contributed by atoms with Crippen molar-refractivity contribution in [1.82, 2.24) is 14.9 Å². The van der Waals surface area contributed by atoms with Gasteiger partial charge in [-0.15, -0.1) is 0 Å². The summed E-state index contributed by atoms with van der Waals surface area (Å²) in [6.07, 6.45) is 7.81. The van der Waals surface area contributed by atoms with E-state index >= 15 is 0 Å². The first-order valence-corrected chi connectivity index (χ1v) is 22.1. The Labute approximate surface area is 344 Å². The predicted molar refractivity (Wildman–Crippen MR) is 230 cm³/mol. The van der Waals surface area contributed by atoms with E-state index in [9.17, 15) is 9.47 Å². The van der Waals surface area contributed by atoms with Crippen molar-refractivity contribution in [1.29, 1.82) is 5.26 Å². The Hall–Kier alpha value is -5.62. The van der Waals surface area contributed by atoms with Crippen molar-refractivity contribution in [2.75, 3.05) is 30.8 Å². The third-order valence-corrected chi connectivity index (χ3v) is 13.5. The van der Waals surface area contributed by atoms with Gasteiger partial charge in [-0.3, -0.25) is 9.11 Å². The number of rotatable bonds is 10. The normalized spacial score (nSPS) is 19.8. The van der Waals surface area contributed by atoms with Crippen LogP contribution in [0.25, 0.3) is 0 Å². The van der Waals surface area contributed by atoms with E-state index in [1.54, 1.807) is 6.26 Å². The molecule has 0 N–H and O–H groups in total. The summed E-state index contributed by atoms with van der Waals surface area (Å²) in [6, 6.07) is 51.7. The molecule has 1 aromatic heterocycles. The van der Waals surface area contributed by atoms with E-state index in [2.05, 4.69) is 137 Å². The zero-order valence-corrected chi connectivity index (χ0v) is 33.9. The fourth-order valence-corrected chi connectivity index (χ4v) is 10.6. The molecule has 8 heteroatoms. The number of benzene rings is 5. The van der Waals surface area contributed by atoms with Gasteiger partial charge in [-0.05, 0) is 84.0 Å². The minimum Gasteiger partial charge on any atom is -0.489 e. The number of nitriles is 1. The van der Waals surface area contributed by atoms with Gasteiger partial charge in [0.05, 0.1) is 40.6 Å². The fraction of sp³-hybridized carbons (Fsp3) is 0.300. The lowest BCUT2D eigenvalue weighted by atomic mass is 9.62. The summed E-state index contributed by atoms with van der Waals surface area (Å²) < 4.78 is 19.7. The largest absolute Gasteiger partial charge is 0.489 e. The molecule has 5 aromatic carbocycles. The van der Waals surface area contributed by atoms with Crippen LogP contribution in [0.3, 0.4) is 0 Å². The lowest BCUT2D eigenvalue weighted by molar-refractivity contribution is 0.125. The summed E-state index contributed by atoms with van der Waals surface area (Å²) in [6.45, 7) is 2.56. The van der Waals surface area contributed by atoms with E-state index in [-0.39, 0.29) is 11.5 Å². The molecule has 292 valence electrons. The molecule has 2 heterocycles. The molecule has 1 saturated heterocycles.